The highest BCUT2D eigenvalue weighted by Gasteiger charge is 2.68. The lowest BCUT2D eigenvalue weighted by atomic mass is 9.93. The van der Waals surface area contributed by atoms with Crippen LogP contribution in [-0.4, -0.2) is 76.7 Å². The Bertz CT molecular complexity index is 3090. The molecule has 3 heterocycles. The van der Waals surface area contributed by atoms with Crippen LogP contribution in [0.4, 0.5) is 49.7 Å². The number of nitrogens with one attached hydrogen (secondary N) is 1. The first-order valence-electron chi connectivity index (χ1n) is 19.2. The summed E-state index contributed by atoms with van der Waals surface area (Å²) in [6, 6.07) is 4.32. The van der Waals surface area contributed by atoms with Crippen LogP contribution in [0.2, 0.25) is 5.02 Å². The molecule has 7 rings (SSSR count). The topological polar surface area (TPSA) is 149 Å². The van der Waals surface area contributed by atoms with Crippen molar-refractivity contribution in [3.05, 3.63) is 93.0 Å². The van der Waals surface area contributed by atoms with Gasteiger partial charge in [-0.05, 0) is 74.4 Å². The van der Waals surface area contributed by atoms with Gasteiger partial charge in [-0.15, -0.1) is 11.6 Å². The minimum absolute atomic E-state index is 0.206. The molecule has 2 aromatic carbocycles. The number of fused-ring (bicyclic) bond motifs is 4. The van der Waals surface area contributed by atoms with E-state index in [0.717, 1.165) is 24.5 Å². The molecule has 0 unspecified atom stereocenters. The van der Waals surface area contributed by atoms with Gasteiger partial charge in [-0.1, -0.05) is 23.6 Å². The van der Waals surface area contributed by atoms with Gasteiger partial charge in [-0.25, -0.2) is 34.9 Å². The number of rotatable bonds is 12. The molecule has 26 heteroatoms. The molecular weight excluding hydrogens is 984 g/mol. The zero-order chi connectivity index (χ0) is 48.9. The maximum absolute atomic E-state index is 15.5. The van der Waals surface area contributed by atoms with Crippen molar-refractivity contribution in [3.63, 3.8) is 0 Å². The Labute approximate surface area is 379 Å². The van der Waals surface area contributed by atoms with E-state index in [4.69, 9.17) is 23.2 Å². The van der Waals surface area contributed by atoms with Gasteiger partial charge in [0.05, 0.1) is 33.9 Å². The Morgan fingerprint density at radius 2 is 1.61 bits per heavy atom. The molecule has 2 aliphatic rings. The summed E-state index contributed by atoms with van der Waals surface area (Å²) in [4.78, 5) is 18.6. The van der Waals surface area contributed by atoms with Crippen LogP contribution < -0.4 is 9.62 Å². The van der Waals surface area contributed by atoms with E-state index in [-0.39, 0.29) is 43.9 Å². The van der Waals surface area contributed by atoms with Crippen molar-refractivity contribution in [1.29, 1.82) is 0 Å². The van der Waals surface area contributed by atoms with E-state index < -0.39 is 138 Å². The van der Waals surface area contributed by atoms with Gasteiger partial charge >= 0.3 is 12.4 Å². The summed E-state index contributed by atoms with van der Waals surface area (Å²) in [5.74, 6) is -5.48. The molecule has 3 atom stereocenters. The van der Waals surface area contributed by atoms with Crippen molar-refractivity contribution in [2.75, 3.05) is 22.8 Å². The molecule has 3 aromatic heterocycles. The summed E-state index contributed by atoms with van der Waals surface area (Å²) in [5.41, 5.74) is -5.30. The summed E-state index contributed by atoms with van der Waals surface area (Å²) < 4.78 is 196. The second-order valence-electron chi connectivity index (χ2n) is 16.2. The number of halogens is 12. The first-order chi connectivity index (χ1) is 30.3. The number of amides is 1. The van der Waals surface area contributed by atoms with Crippen LogP contribution in [0, 0.1) is 29.4 Å². The van der Waals surface area contributed by atoms with Gasteiger partial charge in [-0.3, -0.25) is 14.2 Å². The number of benzene rings is 2. The number of alkyl halides is 9. The maximum atomic E-state index is 15.5. The number of hydrogen-bond donors (Lipinski definition) is 1. The smallest absolute Gasteiger partial charge is 0.346 e. The van der Waals surface area contributed by atoms with Crippen molar-refractivity contribution in [1.82, 2.24) is 29.9 Å². The van der Waals surface area contributed by atoms with E-state index in [1.165, 1.54) is 32.0 Å². The number of anilines is 1. The van der Waals surface area contributed by atoms with Gasteiger partial charge in [0.2, 0.25) is 15.9 Å². The number of sulfone groups is 1. The quantitative estimate of drug-likeness (QED) is 0.0569. The van der Waals surface area contributed by atoms with E-state index in [1.807, 2.05) is 0 Å². The predicted octanol–water partition coefficient (Wildman–Crippen LogP) is 8.25. The lowest BCUT2D eigenvalue weighted by Gasteiger charge is -2.23. The first kappa shape index (κ1) is 48.8. The van der Waals surface area contributed by atoms with Gasteiger partial charge in [0.1, 0.15) is 46.9 Å². The molecule has 0 spiro atoms. The molecule has 5 aromatic rings. The predicted molar refractivity (Wildman–Crippen MR) is 221 cm³/mol. The van der Waals surface area contributed by atoms with Crippen LogP contribution in [0.25, 0.3) is 22.0 Å². The van der Waals surface area contributed by atoms with E-state index in [1.54, 1.807) is 0 Å². The number of carbonyl (C=O) groups excluding carboxylic acids is 1. The van der Waals surface area contributed by atoms with Crippen LogP contribution in [-0.2, 0) is 56.3 Å². The van der Waals surface area contributed by atoms with E-state index in [9.17, 15) is 56.8 Å². The summed E-state index contributed by atoms with van der Waals surface area (Å²) in [7, 11) is -8.21. The average Bonchev–Trinajstić information content (AvgIpc) is 3.68. The van der Waals surface area contributed by atoms with Crippen LogP contribution >= 0.6 is 23.2 Å². The number of carbonyl (C=O) groups is 1. The van der Waals surface area contributed by atoms with Gasteiger partial charge in [0.15, 0.2) is 21.3 Å². The number of aromatic nitrogens is 5. The SMILES string of the molecule is CC(C)(C#Cc1ccc(-c2ccc(Cl)c3c(N(CCl)S(C)(=O)=O)nn(CC(F)(F)F)c23)c([C@H](Cc2cc(F)cc(F)c2)NC(=O)Cn2nc(C(F)(F)F)c3c2C(F)(F)[C@@H]2C[C@H]32)n1)S(C)(=O)=O. The monoisotopic (exact) mass is 1020 g/mol. The van der Waals surface area contributed by atoms with Gasteiger partial charge in [0.25, 0.3) is 5.92 Å². The Morgan fingerprint density at radius 1 is 0.970 bits per heavy atom. The van der Waals surface area contributed by atoms with Crippen LogP contribution in [0.5, 0.6) is 0 Å². The molecule has 66 heavy (non-hydrogen) atoms. The Balaban J connectivity index is 1.47. The van der Waals surface area contributed by atoms with Crippen molar-refractivity contribution in [2.24, 2.45) is 5.92 Å². The Morgan fingerprint density at radius 3 is 2.18 bits per heavy atom. The Kier molecular flexibility index (Phi) is 12.3. The lowest BCUT2D eigenvalue weighted by molar-refractivity contribution is -0.143. The summed E-state index contributed by atoms with van der Waals surface area (Å²) >= 11 is 12.5. The van der Waals surface area contributed by atoms with E-state index >= 15 is 8.78 Å². The minimum Gasteiger partial charge on any atom is -0.346 e. The summed E-state index contributed by atoms with van der Waals surface area (Å²) in [5, 5.41) is 9.06. The molecule has 1 N–H and O–H groups in total. The lowest BCUT2D eigenvalue weighted by Crippen LogP contribution is -2.35. The van der Waals surface area contributed by atoms with Gasteiger partial charge < -0.3 is 5.32 Å². The third kappa shape index (κ3) is 9.40. The first-order valence-corrected chi connectivity index (χ1v) is 23.8. The van der Waals surface area contributed by atoms with Crippen molar-refractivity contribution >= 4 is 65.7 Å². The molecule has 1 saturated carbocycles. The molecule has 1 fully saturated rings. The van der Waals surface area contributed by atoms with Gasteiger partial charge in [0, 0.05) is 34.9 Å². The van der Waals surface area contributed by atoms with Gasteiger partial charge in [-0.2, -0.15) is 45.3 Å². The third-order valence-corrected chi connectivity index (χ3v) is 14.8. The highest BCUT2D eigenvalue weighted by molar-refractivity contribution is 7.92. The molecule has 0 aliphatic heterocycles. The highest BCUT2D eigenvalue weighted by Crippen LogP contribution is 2.68. The fraction of sp³-hybridized carbons (Fsp3) is 0.400. The standard InChI is InChI=1S/C40H33Cl2F10N7O5S2/c1-37(2,65(3,61)62)10-9-22-5-6-23(24-7-8-27(42)31-33(24)58(17-38(45,46)47)56-36(31)59(18-41)66(4,63)64)32(53-22)28(13-19-11-20(43)14-21(44)12-19)54-29(60)16-57-35-30(34(55-57)40(50,51)52)25-15-26(25)39(35,48)49/h5-8,11-12,14,25-26,28H,13,15-18H2,1-4H3,(H,54,60)/t25-,26+,28-/m0/s1. The van der Waals surface area contributed by atoms with Crippen molar-refractivity contribution < 1.29 is 65.5 Å². The Hall–Kier alpha value is -5.12. The second kappa shape index (κ2) is 16.6. The molecule has 354 valence electrons. The second-order valence-corrected chi connectivity index (χ2v) is 21.4. The fourth-order valence-corrected chi connectivity index (χ4v) is 9.47. The molecule has 0 radical (unpaired) electrons. The number of pyridine rings is 1. The number of hydrogen-bond acceptors (Lipinski definition) is 8. The normalized spacial score (nSPS) is 17.5. The zero-order valence-corrected chi connectivity index (χ0v) is 37.5. The molecule has 1 amide bonds. The largest absolute Gasteiger partial charge is 0.435 e. The number of nitrogens with zero attached hydrogens (tertiary/aromatic N) is 6. The molecule has 0 saturated heterocycles. The molecule has 12 nitrogen and oxygen atoms in total. The fourth-order valence-electron chi connectivity index (χ4n) is 7.73. The van der Waals surface area contributed by atoms with Crippen LogP contribution in [0.15, 0.2) is 42.5 Å². The van der Waals surface area contributed by atoms with Crippen molar-refractivity contribution in [2.45, 2.75) is 74.8 Å². The van der Waals surface area contributed by atoms with E-state index in [0.29, 0.717) is 21.3 Å². The zero-order valence-electron chi connectivity index (χ0n) is 34.4. The third-order valence-electron chi connectivity index (χ3n) is 11.1. The minimum atomic E-state index is -5.19. The average molecular weight is 1020 g/mol. The highest BCUT2D eigenvalue weighted by atomic mass is 35.5. The number of sulfonamides is 1. The van der Waals surface area contributed by atoms with Crippen molar-refractivity contribution in [3.8, 4) is 23.0 Å². The summed E-state index contributed by atoms with van der Waals surface area (Å²) in [6.07, 6.45) is -9.52. The van der Waals surface area contributed by atoms with Crippen LogP contribution in [0.1, 0.15) is 66.1 Å². The van der Waals surface area contributed by atoms with Crippen LogP contribution in [0.3, 0.4) is 0 Å². The summed E-state index contributed by atoms with van der Waals surface area (Å²) in [6.45, 7) is -0.599. The molecule has 0 bridgehead atoms. The molecule has 2 aliphatic carbocycles. The molecular formula is C40H33Cl2F10N7O5S2. The maximum Gasteiger partial charge on any atom is 0.435 e. The van der Waals surface area contributed by atoms with E-state index in [2.05, 4.69) is 32.3 Å².